The van der Waals surface area contributed by atoms with Crippen LogP contribution in [0.4, 0.5) is 0 Å². The third kappa shape index (κ3) is 4.36. The Bertz CT molecular complexity index is 185. The molecule has 1 aromatic heterocycles. The first kappa shape index (κ1) is 11.8. The van der Waals surface area contributed by atoms with Crippen LogP contribution in [0.1, 0.15) is 0 Å². The van der Waals surface area contributed by atoms with E-state index < -0.39 is 8.07 Å². The second kappa shape index (κ2) is 5.41. The summed E-state index contributed by atoms with van der Waals surface area (Å²) in [5.74, 6) is 0. The van der Waals surface area contributed by atoms with E-state index >= 15 is 0 Å². The molecular formula is C6H10ClNSSiZn. The molecule has 0 aromatic carbocycles. The molecule has 0 bridgehead atoms. The molecule has 11 heavy (non-hydrogen) atoms. The summed E-state index contributed by atoms with van der Waals surface area (Å²) in [6.07, 6.45) is 1.76. The van der Waals surface area contributed by atoms with Crippen molar-refractivity contribution >= 4 is 33.7 Å². The summed E-state index contributed by atoms with van der Waals surface area (Å²) in [6, 6.07) is 0. The molecule has 1 rings (SSSR count). The van der Waals surface area contributed by atoms with Crippen molar-refractivity contribution in [2.45, 2.75) is 19.6 Å². The minimum absolute atomic E-state index is 0.847. The van der Waals surface area contributed by atoms with Gasteiger partial charge in [0.25, 0.3) is 0 Å². The number of hydrogen-bond donors (Lipinski definition) is 0. The maximum atomic E-state index is 4.76. The third-order valence-electron chi connectivity index (χ3n) is 1.03. The van der Waals surface area contributed by atoms with Gasteiger partial charge in [-0.05, 0) is 0 Å². The fourth-order valence-corrected chi connectivity index (χ4v) is 2.72. The van der Waals surface area contributed by atoms with Gasteiger partial charge in [-0.15, -0.1) is 0 Å². The molecule has 0 aliphatic carbocycles. The predicted octanol–water partition coefficient (Wildman–Crippen LogP) is 2.18. The van der Waals surface area contributed by atoms with Crippen LogP contribution in [-0.4, -0.2) is 13.1 Å². The second-order valence-electron chi connectivity index (χ2n) is 3.03. The SMILES string of the molecule is C[Si](C)(C)c1nc[c-]s1.[Cl][Zn+]. The van der Waals surface area contributed by atoms with Gasteiger partial charge in [0.1, 0.15) is 0 Å². The first-order chi connectivity index (χ1) is 5.11. The molecule has 1 aromatic rings. The molecule has 0 saturated carbocycles. The van der Waals surface area contributed by atoms with E-state index in [0.29, 0.717) is 0 Å². The molecule has 5 heteroatoms. The summed E-state index contributed by atoms with van der Waals surface area (Å²) in [7, 11) is 3.66. The monoisotopic (exact) mass is 255 g/mol. The zero-order chi connectivity index (χ0) is 8.91. The van der Waals surface area contributed by atoms with Gasteiger partial charge in [0.15, 0.2) is 0 Å². The van der Waals surface area contributed by atoms with Crippen LogP contribution in [0.5, 0.6) is 0 Å². The summed E-state index contributed by atoms with van der Waals surface area (Å²) < 4.78 is 1.29. The van der Waals surface area contributed by atoms with Crippen LogP contribution in [0.15, 0.2) is 6.20 Å². The number of thiazole rings is 1. The van der Waals surface area contributed by atoms with Crippen molar-refractivity contribution in [2.75, 3.05) is 0 Å². The Morgan fingerprint density at radius 3 is 2.27 bits per heavy atom. The van der Waals surface area contributed by atoms with Gasteiger partial charge in [0.05, 0.1) is 0 Å². The number of halogens is 1. The van der Waals surface area contributed by atoms with Crippen molar-refractivity contribution in [3.05, 3.63) is 11.6 Å². The summed E-state index contributed by atoms with van der Waals surface area (Å²) in [5, 5.41) is 3.00. The van der Waals surface area contributed by atoms with Gasteiger partial charge in [-0.2, -0.15) is 5.38 Å². The van der Waals surface area contributed by atoms with Gasteiger partial charge in [0, 0.05) is 8.07 Å². The van der Waals surface area contributed by atoms with Gasteiger partial charge >= 0.3 is 27.0 Å². The Hall–Kier alpha value is 0.760. The fraction of sp³-hybridized carbons (Fsp3) is 0.500. The quantitative estimate of drug-likeness (QED) is 0.555. The van der Waals surface area contributed by atoms with Gasteiger partial charge in [-0.3, -0.25) is 0 Å². The molecule has 0 aliphatic heterocycles. The van der Waals surface area contributed by atoms with Crippen molar-refractivity contribution in [2.24, 2.45) is 0 Å². The van der Waals surface area contributed by atoms with Gasteiger partial charge in [-0.1, -0.05) is 30.5 Å². The van der Waals surface area contributed by atoms with Crippen LogP contribution >= 0.6 is 21.0 Å². The maximum absolute atomic E-state index is 4.76. The van der Waals surface area contributed by atoms with E-state index in [1.54, 1.807) is 17.5 Å². The molecule has 0 unspecified atom stereocenters. The van der Waals surface area contributed by atoms with Crippen molar-refractivity contribution < 1.29 is 17.3 Å². The van der Waals surface area contributed by atoms with Crippen LogP contribution in [-0.2, 0) is 17.3 Å². The molecule has 1 heterocycles. The van der Waals surface area contributed by atoms with E-state index in [-0.39, 0.29) is 0 Å². The number of aromatic nitrogens is 1. The van der Waals surface area contributed by atoms with Crippen LogP contribution < -0.4 is 4.63 Å². The molecule has 0 aliphatic rings. The zero-order valence-electron chi connectivity index (χ0n) is 7.02. The summed E-state index contributed by atoms with van der Waals surface area (Å²) in [5.41, 5.74) is 0. The Morgan fingerprint density at radius 1 is 1.55 bits per heavy atom. The first-order valence-electron chi connectivity index (χ1n) is 3.20. The molecule has 0 spiro atoms. The molecule has 0 saturated heterocycles. The zero-order valence-corrected chi connectivity index (χ0v) is 12.6. The van der Waals surface area contributed by atoms with Gasteiger partial charge in [-0.25, -0.2) is 0 Å². The summed E-state index contributed by atoms with van der Waals surface area (Å²) in [6.45, 7) is 6.87. The van der Waals surface area contributed by atoms with E-state index in [0.717, 1.165) is 17.3 Å². The van der Waals surface area contributed by atoms with Crippen molar-refractivity contribution in [3.63, 3.8) is 0 Å². The average Bonchev–Trinajstić information content (AvgIpc) is 2.40. The number of rotatable bonds is 1. The van der Waals surface area contributed by atoms with Crippen LogP contribution in [0.3, 0.4) is 0 Å². The molecule has 0 atom stereocenters. The third-order valence-corrected chi connectivity index (χ3v) is 5.11. The first-order valence-corrected chi connectivity index (χ1v) is 11.4. The summed E-state index contributed by atoms with van der Waals surface area (Å²) in [4.78, 5) is 4.21. The molecule has 0 fully saturated rings. The van der Waals surface area contributed by atoms with E-state index in [9.17, 15) is 0 Å². The second-order valence-corrected chi connectivity index (χ2v) is 9.20. The Kier molecular flexibility index (Phi) is 5.79. The fourth-order valence-electron chi connectivity index (χ4n) is 0.540. The Labute approximate surface area is 86.9 Å². The van der Waals surface area contributed by atoms with E-state index in [2.05, 4.69) is 30.0 Å². The van der Waals surface area contributed by atoms with Crippen LogP contribution in [0.25, 0.3) is 0 Å². The molecule has 1 nitrogen and oxygen atoms in total. The van der Waals surface area contributed by atoms with E-state index in [1.165, 1.54) is 4.63 Å². The molecule has 0 N–H and O–H groups in total. The molecule has 58 valence electrons. The molecular weight excluding hydrogens is 247 g/mol. The number of nitrogens with zero attached hydrogens (tertiary/aromatic N) is 1. The predicted molar refractivity (Wildman–Crippen MR) is 49.8 cm³/mol. The van der Waals surface area contributed by atoms with Crippen molar-refractivity contribution in [1.82, 2.24) is 4.98 Å². The Morgan fingerprint density at radius 2 is 2.09 bits per heavy atom. The van der Waals surface area contributed by atoms with E-state index in [4.69, 9.17) is 9.69 Å². The number of hydrogen-bond acceptors (Lipinski definition) is 2. The topological polar surface area (TPSA) is 12.9 Å². The standard InChI is InChI=1S/C6H10NSSi.ClH.Zn/c1-9(2,3)6-7-4-5-8-6;;/h4H,1-3H3;1H;/q-1;;+2/p-1. The molecule has 0 radical (unpaired) electrons. The van der Waals surface area contributed by atoms with Gasteiger partial charge < -0.3 is 16.3 Å². The summed E-state index contributed by atoms with van der Waals surface area (Å²) >= 11 is 2.50. The Balaban J connectivity index is 0.000000461. The average molecular weight is 257 g/mol. The van der Waals surface area contributed by atoms with E-state index in [1.807, 2.05) is 0 Å². The van der Waals surface area contributed by atoms with Gasteiger partial charge in [0.2, 0.25) is 0 Å². The van der Waals surface area contributed by atoms with Crippen LogP contribution in [0.2, 0.25) is 19.6 Å². The van der Waals surface area contributed by atoms with Crippen molar-refractivity contribution in [3.8, 4) is 0 Å². The minimum atomic E-state index is -1.10. The molecule has 0 amide bonds. The van der Waals surface area contributed by atoms with Crippen LogP contribution in [0, 0.1) is 5.38 Å². The van der Waals surface area contributed by atoms with Crippen molar-refractivity contribution in [1.29, 1.82) is 0 Å². The normalized spacial score (nSPS) is 10.4.